The van der Waals surface area contributed by atoms with Crippen molar-refractivity contribution in [1.29, 1.82) is 0 Å². The molecule has 0 aliphatic heterocycles. The van der Waals surface area contributed by atoms with Crippen molar-refractivity contribution in [3.8, 4) is 0 Å². The van der Waals surface area contributed by atoms with Crippen molar-refractivity contribution in [1.82, 2.24) is 10.2 Å². The van der Waals surface area contributed by atoms with Gasteiger partial charge in [0.15, 0.2) is 5.69 Å². The number of hydrogen-bond acceptors (Lipinski definition) is 12. The molecule has 2 rings (SSSR count). The molecule has 26 heavy (non-hydrogen) atoms. The Morgan fingerprint density at radius 3 is 2.69 bits per heavy atom. The smallest absolute Gasteiger partial charge is 0.298 e. The fourth-order valence-electron chi connectivity index (χ4n) is 1.69. The maximum absolute atomic E-state index is 11.2. The molecule has 0 radical (unpaired) electrons. The number of nitrogens with zero attached hydrogens (tertiary/aromatic N) is 6. The lowest BCUT2D eigenvalue weighted by Crippen LogP contribution is -2.23. The molecule has 0 amide bonds. The number of likely N-dealkylation sites (N-methyl/N-ethyl adjacent to an activating group) is 1. The second kappa shape index (κ2) is 9.14. The summed E-state index contributed by atoms with van der Waals surface area (Å²) < 4.78 is 35.3. The number of benzene rings is 1. The summed E-state index contributed by atoms with van der Waals surface area (Å²) >= 11 is 1.13. The van der Waals surface area contributed by atoms with Gasteiger partial charge in [-0.1, -0.05) is 11.3 Å². The quantitative estimate of drug-likeness (QED) is 0.161. The van der Waals surface area contributed by atoms with Gasteiger partial charge < -0.3 is 9.45 Å². The van der Waals surface area contributed by atoms with E-state index in [1.165, 1.54) is 28.6 Å². The molecule has 0 aliphatic rings. The molecule has 0 N–H and O–H groups in total. The fraction of sp³-hybridized carbons (Fsp3) is 0.250. The van der Waals surface area contributed by atoms with Gasteiger partial charge in [-0.15, -0.1) is 20.4 Å². The molecule has 0 unspecified atom stereocenters. The highest BCUT2D eigenvalue weighted by molar-refractivity contribution is 7.80. The van der Waals surface area contributed by atoms with Crippen molar-refractivity contribution in [3.05, 3.63) is 41.3 Å². The van der Waals surface area contributed by atoms with E-state index in [1.807, 2.05) is 0 Å². The van der Waals surface area contributed by atoms with E-state index in [4.69, 9.17) is 0 Å². The minimum absolute atomic E-state index is 0. The number of nitro groups is 1. The SMILES string of the molecule is CN(CCOS(=O)(=O)[O-])c1ccc(N=Nc2nncs2)c([N+](=O)[O-])c1.[CH3+]. The van der Waals surface area contributed by atoms with Gasteiger partial charge in [-0.3, -0.25) is 14.3 Å². The third kappa shape index (κ3) is 6.32. The molecule has 0 aliphatic carbocycles. The van der Waals surface area contributed by atoms with Crippen LogP contribution in [0.2, 0.25) is 0 Å². The van der Waals surface area contributed by atoms with Crippen molar-refractivity contribution in [2.75, 3.05) is 25.1 Å². The molecule has 0 saturated carbocycles. The van der Waals surface area contributed by atoms with Crippen LogP contribution >= 0.6 is 11.3 Å². The first-order chi connectivity index (χ1) is 11.8. The predicted octanol–water partition coefficient (Wildman–Crippen LogP) is 2.22. The molecule has 12 nitrogen and oxygen atoms in total. The van der Waals surface area contributed by atoms with Crippen molar-refractivity contribution in [2.45, 2.75) is 0 Å². The van der Waals surface area contributed by atoms with Crippen molar-refractivity contribution < 1.29 is 22.1 Å². The average molecular weight is 402 g/mol. The molecule has 14 heteroatoms. The molecule has 0 atom stereocenters. The Hall–Kier alpha value is -2.68. The van der Waals surface area contributed by atoms with E-state index in [1.54, 1.807) is 7.05 Å². The minimum atomic E-state index is -4.78. The van der Waals surface area contributed by atoms with Crippen molar-refractivity contribution in [3.63, 3.8) is 0 Å². The van der Waals surface area contributed by atoms with Crippen LogP contribution in [-0.4, -0.2) is 48.3 Å². The van der Waals surface area contributed by atoms with E-state index in [-0.39, 0.29) is 37.1 Å². The molecule has 0 spiro atoms. The van der Waals surface area contributed by atoms with Crippen LogP contribution in [0, 0.1) is 17.5 Å². The van der Waals surface area contributed by atoms with Crippen LogP contribution in [0.1, 0.15) is 0 Å². The molecule has 1 heterocycles. The molecule has 0 bridgehead atoms. The summed E-state index contributed by atoms with van der Waals surface area (Å²) in [7, 11) is -3.22. The van der Waals surface area contributed by atoms with Crippen molar-refractivity contribution in [2.24, 2.45) is 10.2 Å². The van der Waals surface area contributed by atoms with E-state index >= 15 is 0 Å². The number of anilines is 1. The van der Waals surface area contributed by atoms with Gasteiger partial charge in [0.2, 0.25) is 10.4 Å². The molecule has 140 valence electrons. The van der Waals surface area contributed by atoms with E-state index in [0.717, 1.165) is 11.3 Å². The normalized spacial score (nSPS) is 11.3. The van der Waals surface area contributed by atoms with Crippen LogP contribution in [-0.2, 0) is 14.6 Å². The summed E-state index contributed by atoms with van der Waals surface area (Å²) in [5.74, 6) is 0. The predicted molar refractivity (Wildman–Crippen MR) is 92.5 cm³/mol. The molecule has 0 fully saturated rings. The molecule has 1 aromatic heterocycles. The molecule has 0 saturated heterocycles. The summed E-state index contributed by atoms with van der Waals surface area (Å²) in [6.45, 7) is -0.348. The lowest BCUT2D eigenvalue weighted by molar-refractivity contribution is -0.384. The zero-order valence-electron chi connectivity index (χ0n) is 13.7. The highest BCUT2D eigenvalue weighted by Crippen LogP contribution is 2.32. The zero-order chi connectivity index (χ0) is 18.4. The number of aromatic nitrogens is 2. The molecular weight excluding hydrogens is 388 g/mol. The number of rotatable bonds is 8. The second-order valence-corrected chi connectivity index (χ2v) is 6.37. The first-order valence-corrected chi connectivity index (χ1v) is 8.75. The van der Waals surface area contributed by atoms with Crippen molar-refractivity contribution >= 4 is 43.9 Å². The van der Waals surface area contributed by atoms with Crippen LogP contribution in [0.3, 0.4) is 0 Å². The Bertz CT molecular complexity index is 870. The van der Waals surface area contributed by atoms with Gasteiger partial charge in [0.25, 0.3) is 10.8 Å². The lowest BCUT2D eigenvalue weighted by Gasteiger charge is -2.19. The summed E-state index contributed by atoms with van der Waals surface area (Å²) in [5, 5.41) is 26.2. The zero-order valence-corrected chi connectivity index (χ0v) is 15.3. The van der Waals surface area contributed by atoms with Gasteiger partial charge in [-0.2, -0.15) is 0 Å². The highest BCUT2D eigenvalue weighted by Gasteiger charge is 2.16. The maximum atomic E-state index is 11.2. The Balaban J connectivity index is 0.00000338. The third-order valence-electron chi connectivity index (χ3n) is 2.84. The first kappa shape index (κ1) is 21.4. The third-order valence-corrected chi connectivity index (χ3v) is 3.87. The van der Waals surface area contributed by atoms with E-state index in [0.29, 0.717) is 5.69 Å². The second-order valence-electron chi connectivity index (χ2n) is 4.50. The molecule has 1 aromatic carbocycles. The topological polar surface area (TPSA) is 163 Å². The van der Waals surface area contributed by atoms with E-state index < -0.39 is 15.3 Å². The van der Waals surface area contributed by atoms with Gasteiger partial charge in [0.05, 0.1) is 11.5 Å². The maximum Gasteiger partial charge on any atom is 0.298 e. The number of hydrogen-bond donors (Lipinski definition) is 0. The Kier molecular flexibility index (Phi) is 7.51. The van der Waals surface area contributed by atoms with Gasteiger partial charge in [0, 0.05) is 32.8 Å². The Morgan fingerprint density at radius 1 is 1.38 bits per heavy atom. The monoisotopic (exact) mass is 402 g/mol. The largest absolute Gasteiger partial charge is 0.726 e. The van der Waals surface area contributed by atoms with E-state index in [9.17, 15) is 23.1 Å². The van der Waals surface area contributed by atoms with Gasteiger partial charge in [-0.05, 0) is 12.1 Å². The van der Waals surface area contributed by atoms with Crippen LogP contribution in [0.15, 0.2) is 33.9 Å². The first-order valence-electron chi connectivity index (χ1n) is 6.54. The molecular formula is C12H14N6O6S2. The Morgan fingerprint density at radius 2 is 2.12 bits per heavy atom. The van der Waals surface area contributed by atoms with Crippen LogP contribution in [0.25, 0.3) is 0 Å². The number of azo groups is 1. The highest BCUT2D eigenvalue weighted by atomic mass is 32.3. The van der Waals surface area contributed by atoms with Gasteiger partial charge in [-0.25, -0.2) is 8.42 Å². The van der Waals surface area contributed by atoms with Gasteiger partial charge in [0.1, 0.15) is 5.51 Å². The lowest BCUT2D eigenvalue weighted by atomic mass is 10.2. The summed E-state index contributed by atoms with van der Waals surface area (Å²) in [6, 6.07) is 4.17. The standard InChI is InChI=1S/C11H12N6O6S2.CH3/c1-16(4-5-23-25(20,21)22)8-2-3-9(10(6-8)17(18)19)13-15-11-14-12-7-24-11;/h2-3,6-7H,4-5H2,1H3,(H,20,21,22);1H3/q;+1/p-1. The fourth-order valence-corrected chi connectivity index (χ4v) is 2.34. The molecule has 2 aromatic rings. The van der Waals surface area contributed by atoms with E-state index in [2.05, 4.69) is 24.6 Å². The van der Waals surface area contributed by atoms with Crippen LogP contribution < -0.4 is 4.90 Å². The minimum Gasteiger partial charge on any atom is -0.726 e. The average Bonchev–Trinajstić information content (AvgIpc) is 3.04. The summed E-state index contributed by atoms with van der Waals surface area (Å²) in [4.78, 5) is 12.1. The summed E-state index contributed by atoms with van der Waals surface area (Å²) in [5.41, 5.74) is 1.59. The van der Waals surface area contributed by atoms with Gasteiger partial charge >= 0.3 is 0 Å². The van der Waals surface area contributed by atoms with Crippen LogP contribution in [0.5, 0.6) is 0 Å². The Labute approximate surface area is 153 Å². The van der Waals surface area contributed by atoms with Crippen LogP contribution in [0.4, 0.5) is 22.2 Å². The number of nitro benzene ring substituents is 1. The summed E-state index contributed by atoms with van der Waals surface area (Å²) in [6.07, 6.45) is 0.